The summed E-state index contributed by atoms with van der Waals surface area (Å²) in [5.74, 6) is 1.56. The third-order valence-electron chi connectivity index (χ3n) is 3.53. The van der Waals surface area contributed by atoms with Gasteiger partial charge in [0.25, 0.3) is 0 Å². The predicted octanol–water partition coefficient (Wildman–Crippen LogP) is 5.42. The first-order valence-corrected chi connectivity index (χ1v) is 7.88. The highest BCUT2D eigenvalue weighted by molar-refractivity contribution is 6.20. The van der Waals surface area contributed by atoms with E-state index in [1.165, 1.54) is 16.7 Å². The summed E-state index contributed by atoms with van der Waals surface area (Å²) >= 11 is 6.55. The highest BCUT2D eigenvalue weighted by atomic mass is 35.5. The van der Waals surface area contributed by atoms with Crippen molar-refractivity contribution in [1.82, 2.24) is 0 Å². The van der Waals surface area contributed by atoms with E-state index in [1.54, 1.807) is 7.11 Å². The third kappa shape index (κ3) is 4.78. The van der Waals surface area contributed by atoms with Crippen molar-refractivity contribution >= 4 is 11.6 Å². The summed E-state index contributed by atoms with van der Waals surface area (Å²) in [6.07, 6.45) is 1.92. The summed E-state index contributed by atoms with van der Waals surface area (Å²) in [6.45, 7) is 4.47. The summed E-state index contributed by atoms with van der Waals surface area (Å²) in [7, 11) is 1.69. The fraction of sp³-hybridized carbons (Fsp3) is 0.368. The van der Waals surface area contributed by atoms with Crippen molar-refractivity contribution in [2.45, 2.75) is 32.1 Å². The molecule has 0 saturated carbocycles. The highest BCUT2D eigenvalue weighted by Gasteiger charge is 2.10. The van der Waals surface area contributed by atoms with E-state index in [2.05, 4.69) is 44.2 Å². The maximum atomic E-state index is 6.55. The van der Waals surface area contributed by atoms with Crippen molar-refractivity contribution in [2.24, 2.45) is 5.92 Å². The van der Waals surface area contributed by atoms with Crippen molar-refractivity contribution in [2.75, 3.05) is 7.11 Å². The lowest BCUT2D eigenvalue weighted by Gasteiger charge is -2.12. The molecule has 0 bridgehead atoms. The lowest BCUT2D eigenvalue weighted by atomic mass is 9.99. The van der Waals surface area contributed by atoms with Crippen LogP contribution in [0, 0.1) is 5.92 Å². The molecule has 1 atom stereocenters. The number of hydrogen-bond acceptors (Lipinski definition) is 1. The number of ether oxygens (including phenoxy) is 1. The number of rotatable bonds is 6. The zero-order valence-electron chi connectivity index (χ0n) is 13.0. The number of halogens is 1. The van der Waals surface area contributed by atoms with Gasteiger partial charge < -0.3 is 4.74 Å². The van der Waals surface area contributed by atoms with Crippen molar-refractivity contribution in [3.05, 3.63) is 65.2 Å². The first-order valence-electron chi connectivity index (χ1n) is 7.44. The van der Waals surface area contributed by atoms with Crippen LogP contribution >= 0.6 is 11.6 Å². The molecule has 0 amide bonds. The third-order valence-corrected chi connectivity index (χ3v) is 3.94. The number of benzene rings is 2. The van der Waals surface area contributed by atoms with Gasteiger partial charge in [-0.15, -0.1) is 11.6 Å². The van der Waals surface area contributed by atoms with Gasteiger partial charge in [-0.05, 0) is 47.6 Å². The zero-order valence-corrected chi connectivity index (χ0v) is 13.7. The molecule has 1 unspecified atom stereocenters. The van der Waals surface area contributed by atoms with Crippen LogP contribution in [0.2, 0.25) is 0 Å². The molecule has 0 aliphatic heterocycles. The number of alkyl halides is 1. The molecule has 0 aliphatic rings. The maximum Gasteiger partial charge on any atom is 0.119 e. The summed E-state index contributed by atoms with van der Waals surface area (Å²) in [5.41, 5.74) is 3.74. The highest BCUT2D eigenvalue weighted by Crippen LogP contribution is 2.27. The molecule has 112 valence electrons. The van der Waals surface area contributed by atoms with Crippen LogP contribution in [0.15, 0.2) is 48.5 Å². The molecule has 1 nitrogen and oxygen atoms in total. The van der Waals surface area contributed by atoms with E-state index >= 15 is 0 Å². The van der Waals surface area contributed by atoms with Crippen LogP contribution in [-0.2, 0) is 12.8 Å². The Kier molecular flexibility index (Phi) is 5.69. The lowest BCUT2D eigenvalue weighted by molar-refractivity contribution is 0.414. The van der Waals surface area contributed by atoms with E-state index in [-0.39, 0.29) is 5.38 Å². The largest absolute Gasteiger partial charge is 0.497 e. The van der Waals surface area contributed by atoms with Gasteiger partial charge in [0, 0.05) is 0 Å². The van der Waals surface area contributed by atoms with Crippen molar-refractivity contribution < 1.29 is 4.74 Å². The Morgan fingerprint density at radius 1 is 0.952 bits per heavy atom. The van der Waals surface area contributed by atoms with Gasteiger partial charge in [-0.3, -0.25) is 0 Å². The molecule has 0 radical (unpaired) electrons. The smallest absolute Gasteiger partial charge is 0.119 e. The zero-order chi connectivity index (χ0) is 15.2. The van der Waals surface area contributed by atoms with E-state index < -0.39 is 0 Å². The Bertz CT molecular complexity index is 560. The molecule has 2 rings (SSSR count). The van der Waals surface area contributed by atoms with Crippen LogP contribution in [0.1, 0.15) is 35.9 Å². The maximum absolute atomic E-state index is 6.55. The molecule has 0 N–H and O–H groups in total. The van der Waals surface area contributed by atoms with Gasteiger partial charge in [-0.25, -0.2) is 0 Å². The molecule has 0 spiro atoms. The number of methoxy groups -OCH3 is 1. The van der Waals surface area contributed by atoms with Crippen LogP contribution in [0.25, 0.3) is 0 Å². The molecule has 2 aromatic rings. The van der Waals surface area contributed by atoms with E-state index in [0.717, 1.165) is 18.6 Å². The molecule has 0 saturated heterocycles. The van der Waals surface area contributed by atoms with Crippen LogP contribution in [0.4, 0.5) is 0 Å². The molecule has 0 heterocycles. The quantitative estimate of drug-likeness (QED) is 0.648. The monoisotopic (exact) mass is 302 g/mol. The Balaban J connectivity index is 2.03. The van der Waals surface area contributed by atoms with Gasteiger partial charge in [-0.1, -0.05) is 50.2 Å². The van der Waals surface area contributed by atoms with Gasteiger partial charge in [0.15, 0.2) is 0 Å². The molecule has 0 aliphatic carbocycles. The molecule has 0 fully saturated rings. The minimum atomic E-state index is -0.00907. The second-order valence-corrected chi connectivity index (χ2v) is 6.39. The summed E-state index contributed by atoms with van der Waals surface area (Å²) < 4.78 is 5.25. The minimum Gasteiger partial charge on any atom is -0.497 e. The Morgan fingerprint density at radius 3 is 2.29 bits per heavy atom. The van der Waals surface area contributed by atoms with Crippen molar-refractivity contribution in [1.29, 1.82) is 0 Å². The Hall–Kier alpha value is -1.47. The summed E-state index contributed by atoms with van der Waals surface area (Å²) in [6, 6.07) is 16.8. The second-order valence-electron chi connectivity index (χ2n) is 5.86. The summed E-state index contributed by atoms with van der Waals surface area (Å²) in [5, 5.41) is -0.00907. The Morgan fingerprint density at radius 2 is 1.67 bits per heavy atom. The van der Waals surface area contributed by atoms with Crippen molar-refractivity contribution in [3.63, 3.8) is 0 Å². The van der Waals surface area contributed by atoms with Crippen LogP contribution in [0.3, 0.4) is 0 Å². The Labute approximate surface area is 132 Å². The van der Waals surface area contributed by atoms with E-state index in [1.807, 2.05) is 18.2 Å². The SMILES string of the molecule is COc1cccc(CC(Cl)c2ccc(CC(C)C)cc2)c1. The fourth-order valence-electron chi connectivity index (χ4n) is 2.46. The van der Waals surface area contributed by atoms with E-state index in [9.17, 15) is 0 Å². The second kappa shape index (κ2) is 7.51. The van der Waals surface area contributed by atoms with E-state index in [4.69, 9.17) is 16.3 Å². The van der Waals surface area contributed by atoms with Gasteiger partial charge in [-0.2, -0.15) is 0 Å². The number of hydrogen-bond donors (Lipinski definition) is 0. The topological polar surface area (TPSA) is 9.23 Å². The van der Waals surface area contributed by atoms with Gasteiger partial charge in [0.1, 0.15) is 5.75 Å². The van der Waals surface area contributed by atoms with Crippen LogP contribution in [-0.4, -0.2) is 7.11 Å². The van der Waals surface area contributed by atoms with E-state index in [0.29, 0.717) is 5.92 Å². The molecular weight excluding hydrogens is 280 g/mol. The summed E-state index contributed by atoms with van der Waals surface area (Å²) in [4.78, 5) is 0. The standard InChI is InChI=1S/C19H23ClO/c1-14(2)11-15-7-9-17(10-8-15)19(20)13-16-5-4-6-18(12-16)21-3/h4-10,12,14,19H,11,13H2,1-3H3. The van der Waals surface area contributed by atoms with Crippen molar-refractivity contribution in [3.8, 4) is 5.75 Å². The van der Waals surface area contributed by atoms with Gasteiger partial charge in [0.05, 0.1) is 12.5 Å². The molecule has 0 aromatic heterocycles. The van der Waals surface area contributed by atoms with Gasteiger partial charge in [0.2, 0.25) is 0 Å². The van der Waals surface area contributed by atoms with Crippen LogP contribution in [0.5, 0.6) is 5.75 Å². The normalized spacial score (nSPS) is 12.4. The minimum absolute atomic E-state index is 0.00907. The molecule has 2 heteroatoms. The fourth-order valence-corrected chi connectivity index (χ4v) is 2.78. The molecule has 21 heavy (non-hydrogen) atoms. The predicted molar refractivity (Wildman–Crippen MR) is 90.3 cm³/mol. The molecular formula is C19H23ClO. The molecule has 2 aromatic carbocycles. The van der Waals surface area contributed by atoms with Crippen LogP contribution < -0.4 is 4.74 Å². The first-order chi connectivity index (χ1) is 10.1. The van der Waals surface area contributed by atoms with Gasteiger partial charge >= 0.3 is 0 Å². The average molecular weight is 303 g/mol. The first kappa shape index (κ1) is 15.9. The average Bonchev–Trinajstić information content (AvgIpc) is 2.47. The lowest BCUT2D eigenvalue weighted by Crippen LogP contribution is -1.98.